The molecule has 1 aliphatic rings. The van der Waals surface area contributed by atoms with Crippen molar-refractivity contribution in [1.29, 1.82) is 0 Å². The second-order valence-electron chi connectivity index (χ2n) is 5.14. The van der Waals surface area contributed by atoms with Crippen LogP contribution in [0, 0.1) is 0 Å². The van der Waals surface area contributed by atoms with Crippen LogP contribution >= 0.6 is 23.4 Å². The van der Waals surface area contributed by atoms with E-state index in [9.17, 15) is 9.59 Å². The maximum atomic E-state index is 12.5. The van der Waals surface area contributed by atoms with Crippen molar-refractivity contribution in [2.75, 3.05) is 4.90 Å². The molecule has 0 unspecified atom stereocenters. The van der Waals surface area contributed by atoms with E-state index in [1.165, 1.54) is 0 Å². The first-order valence-corrected chi connectivity index (χ1v) is 8.48. The molecule has 1 atom stereocenters. The first-order valence-electron chi connectivity index (χ1n) is 7.23. The minimum absolute atomic E-state index is 0.0843. The number of benzene rings is 2. The fourth-order valence-corrected chi connectivity index (χ4v) is 3.45. The predicted octanol–water partition coefficient (Wildman–Crippen LogP) is 3.35. The van der Waals surface area contributed by atoms with Crippen LogP contribution in [0.15, 0.2) is 59.6 Å². The molecule has 0 bridgehead atoms. The average Bonchev–Trinajstić information content (AvgIpc) is 2.82. The number of aliphatic imine (C=N–C) groups is 1. The van der Waals surface area contributed by atoms with Gasteiger partial charge in [-0.2, -0.15) is 0 Å². The lowest BCUT2D eigenvalue weighted by molar-refractivity contribution is -0.121. The van der Waals surface area contributed by atoms with Gasteiger partial charge in [0.25, 0.3) is 0 Å². The third-order valence-corrected chi connectivity index (χ3v) is 4.65. The molecule has 3 rings (SSSR count). The summed E-state index contributed by atoms with van der Waals surface area (Å²) in [4.78, 5) is 30.2. The third-order valence-electron chi connectivity index (χ3n) is 3.43. The third kappa shape index (κ3) is 3.60. The standard InChI is InChI=1S/C17H14ClN3O2S/c18-11-5-4-8-13(9-11)21-15(22)10-14(16(21)23)24-17(19)20-12-6-2-1-3-7-12/h1-9,14H,10H2,(H2,19,20)/t14-/m0/s1. The molecule has 0 aromatic heterocycles. The number of imide groups is 1. The Labute approximate surface area is 148 Å². The van der Waals surface area contributed by atoms with Gasteiger partial charge in [0.1, 0.15) is 5.25 Å². The fourth-order valence-electron chi connectivity index (χ4n) is 2.38. The number of hydrogen-bond donors (Lipinski definition) is 1. The Kier molecular flexibility index (Phi) is 4.87. The summed E-state index contributed by atoms with van der Waals surface area (Å²) < 4.78 is 0. The molecule has 1 fully saturated rings. The van der Waals surface area contributed by atoms with Gasteiger partial charge in [0.2, 0.25) is 11.8 Å². The summed E-state index contributed by atoms with van der Waals surface area (Å²) in [5.74, 6) is -0.578. The number of nitrogens with zero attached hydrogens (tertiary/aromatic N) is 2. The second kappa shape index (κ2) is 7.07. The number of rotatable bonds is 3. The normalized spacial score (nSPS) is 18.3. The smallest absolute Gasteiger partial charge is 0.247 e. The number of carbonyl (C=O) groups is 2. The van der Waals surface area contributed by atoms with Crippen LogP contribution in [-0.4, -0.2) is 22.2 Å². The number of halogens is 1. The lowest BCUT2D eigenvalue weighted by Crippen LogP contribution is -2.31. The Balaban J connectivity index is 1.76. The molecule has 1 aliphatic heterocycles. The number of amidine groups is 1. The van der Waals surface area contributed by atoms with Gasteiger partial charge in [-0.25, -0.2) is 9.89 Å². The Morgan fingerprint density at radius 1 is 1.17 bits per heavy atom. The van der Waals surface area contributed by atoms with Crippen LogP contribution in [0.5, 0.6) is 0 Å². The summed E-state index contributed by atoms with van der Waals surface area (Å²) in [6.45, 7) is 0. The summed E-state index contributed by atoms with van der Waals surface area (Å²) in [6.07, 6.45) is 0.0843. The number of carbonyl (C=O) groups excluding carboxylic acids is 2. The van der Waals surface area contributed by atoms with E-state index in [-0.39, 0.29) is 23.4 Å². The summed E-state index contributed by atoms with van der Waals surface area (Å²) >= 11 is 7.04. The largest absolute Gasteiger partial charge is 0.378 e. The van der Waals surface area contributed by atoms with Crippen LogP contribution < -0.4 is 10.6 Å². The Hall–Kier alpha value is -2.31. The minimum Gasteiger partial charge on any atom is -0.378 e. The summed E-state index contributed by atoms with van der Waals surface area (Å²) in [7, 11) is 0. The lowest BCUT2D eigenvalue weighted by Gasteiger charge is -2.15. The van der Waals surface area contributed by atoms with Gasteiger partial charge in [0, 0.05) is 11.4 Å². The van der Waals surface area contributed by atoms with E-state index in [0.717, 1.165) is 16.7 Å². The molecule has 0 saturated carbocycles. The molecule has 1 saturated heterocycles. The summed E-state index contributed by atoms with van der Waals surface area (Å²) in [5, 5.41) is 0.138. The van der Waals surface area contributed by atoms with Gasteiger partial charge in [0.05, 0.1) is 11.4 Å². The molecule has 2 aromatic carbocycles. The zero-order valence-corrected chi connectivity index (χ0v) is 14.1. The number of amides is 2. The molecular weight excluding hydrogens is 346 g/mol. The van der Waals surface area contributed by atoms with Gasteiger partial charge in [-0.3, -0.25) is 9.59 Å². The monoisotopic (exact) mass is 359 g/mol. The van der Waals surface area contributed by atoms with E-state index < -0.39 is 5.25 Å². The van der Waals surface area contributed by atoms with Crippen LogP contribution in [-0.2, 0) is 9.59 Å². The quantitative estimate of drug-likeness (QED) is 0.518. The van der Waals surface area contributed by atoms with Gasteiger partial charge in [-0.1, -0.05) is 47.6 Å². The van der Waals surface area contributed by atoms with Crippen molar-refractivity contribution < 1.29 is 9.59 Å². The maximum Gasteiger partial charge on any atom is 0.247 e. The molecular formula is C17H14ClN3O2S. The van der Waals surface area contributed by atoms with Crippen molar-refractivity contribution in [2.24, 2.45) is 10.7 Å². The van der Waals surface area contributed by atoms with Crippen molar-refractivity contribution in [1.82, 2.24) is 0 Å². The number of para-hydroxylation sites is 1. The van der Waals surface area contributed by atoms with Crippen molar-refractivity contribution >= 4 is 51.7 Å². The Morgan fingerprint density at radius 3 is 2.62 bits per heavy atom. The first-order chi connectivity index (χ1) is 11.5. The van der Waals surface area contributed by atoms with Crippen LogP contribution in [0.1, 0.15) is 6.42 Å². The topological polar surface area (TPSA) is 75.8 Å². The van der Waals surface area contributed by atoms with Gasteiger partial charge in [0.15, 0.2) is 5.17 Å². The first kappa shape index (κ1) is 16.5. The van der Waals surface area contributed by atoms with Crippen molar-refractivity contribution in [3.63, 3.8) is 0 Å². The molecule has 0 radical (unpaired) electrons. The van der Waals surface area contributed by atoms with Crippen LogP contribution in [0.3, 0.4) is 0 Å². The molecule has 2 N–H and O–H groups in total. The minimum atomic E-state index is -0.580. The van der Waals surface area contributed by atoms with E-state index in [0.29, 0.717) is 16.4 Å². The zero-order valence-electron chi connectivity index (χ0n) is 12.6. The molecule has 0 spiro atoms. The van der Waals surface area contributed by atoms with Gasteiger partial charge < -0.3 is 5.73 Å². The molecule has 5 nitrogen and oxygen atoms in total. The molecule has 0 aliphatic carbocycles. The van der Waals surface area contributed by atoms with E-state index in [2.05, 4.69) is 4.99 Å². The van der Waals surface area contributed by atoms with Crippen molar-refractivity contribution in [2.45, 2.75) is 11.7 Å². The highest BCUT2D eigenvalue weighted by atomic mass is 35.5. The molecule has 24 heavy (non-hydrogen) atoms. The molecule has 122 valence electrons. The average molecular weight is 360 g/mol. The Morgan fingerprint density at radius 2 is 1.92 bits per heavy atom. The fraction of sp³-hybridized carbons (Fsp3) is 0.118. The molecule has 7 heteroatoms. The van der Waals surface area contributed by atoms with Gasteiger partial charge in [-0.15, -0.1) is 0 Å². The van der Waals surface area contributed by atoms with Gasteiger partial charge in [-0.05, 0) is 30.3 Å². The van der Waals surface area contributed by atoms with Crippen LogP contribution in [0.25, 0.3) is 0 Å². The Bertz CT molecular complexity index is 810. The van der Waals surface area contributed by atoms with Crippen LogP contribution in [0.4, 0.5) is 11.4 Å². The van der Waals surface area contributed by atoms with E-state index >= 15 is 0 Å². The lowest BCUT2D eigenvalue weighted by atomic mass is 10.3. The molecule has 2 aromatic rings. The van der Waals surface area contributed by atoms with Crippen molar-refractivity contribution in [3.8, 4) is 0 Å². The maximum absolute atomic E-state index is 12.5. The number of anilines is 1. The summed E-state index contributed by atoms with van der Waals surface area (Å²) in [6, 6.07) is 15.9. The number of nitrogens with two attached hydrogens (primary N) is 1. The number of hydrogen-bond acceptors (Lipinski definition) is 4. The molecule has 2 amide bonds. The predicted molar refractivity (Wildman–Crippen MR) is 97.7 cm³/mol. The highest BCUT2D eigenvalue weighted by Crippen LogP contribution is 2.31. The highest BCUT2D eigenvalue weighted by Gasteiger charge is 2.40. The number of thioether (sulfide) groups is 1. The molecule has 1 heterocycles. The van der Waals surface area contributed by atoms with E-state index in [1.807, 2.05) is 30.3 Å². The second-order valence-corrected chi connectivity index (χ2v) is 6.80. The van der Waals surface area contributed by atoms with E-state index in [4.69, 9.17) is 17.3 Å². The zero-order chi connectivity index (χ0) is 17.1. The van der Waals surface area contributed by atoms with Gasteiger partial charge >= 0.3 is 0 Å². The SMILES string of the molecule is NC(=Nc1ccccc1)S[C@H]1CC(=O)N(c2cccc(Cl)c2)C1=O. The van der Waals surface area contributed by atoms with E-state index in [1.54, 1.807) is 24.3 Å². The highest BCUT2D eigenvalue weighted by molar-refractivity contribution is 8.15. The van der Waals surface area contributed by atoms with Crippen molar-refractivity contribution in [3.05, 3.63) is 59.6 Å². The summed E-state index contributed by atoms with van der Waals surface area (Å²) in [5.41, 5.74) is 7.08. The van der Waals surface area contributed by atoms with Crippen LogP contribution in [0.2, 0.25) is 5.02 Å².